The normalized spacial score (nSPS) is 11.3. The van der Waals surface area contributed by atoms with E-state index in [1.54, 1.807) is 6.07 Å². The van der Waals surface area contributed by atoms with Crippen LogP contribution in [0.3, 0.4) is 0 Å². The molecule has 8 nitrogen and oxygen atoms in total. The molecule has 0 aliphatic carbocycles. The minimum absolute atomic E-state index is 0.0994. The first kappa shape index (κ1) is 19.9. The third-order valence-electron chi connectivity index (χ3n) is 4.77. The van der Waals surface area contributed by atoms with E-state index in [2.05, 4.69) is 34.1 Å². The zero-order valence-corrected chi connectivity index (χ0v) is 16.7. The molecular weight excluding hydrogens is 382 g/mol. The van der Waals surface area contributed by atoms with E-state index in [-0.39, 0.29) is 22.6 Å². The number of hydrogen-bond acceptors (Lipinski definition) is 4. The number of hydrogen-bond donors (Lipinski definition) is 3. The minimum atomic E-state index is -1.03. The molecule has 1 aromatic carbocycles. The quantitative estimate of drug-likeness (QED) is 0.544. The number of amides is 1. The molecule has 0 atom stereocenters. The van der Waals surface area contributed by atoms with E-state index in [4.69, 9.17) is 11.6 Å². The number of carboxylic acid groups (broad SMARTS) is 1. The van der Waals surface area contributed by atoms with Crippen LogP contribution in [0.2, 0.25) is 5.15 Å². The lowest BCUT2D eigenvalue weighted by Gasteiger charge is -2.18. The molecule has 2 heterocycles. The fraction of sp³-hybridized carbons (Fsp3) is 0.368. The van der Waals surface area contributed by atoms with Crippen LogP contribution in [0, 0.1) is 0 Å². The van der Waals surface area contributed by atoms with Gasteiger partial charge in [-0.05, 0) is 37.5 Å². The van der Waals surface area contributed by atoms with Gasteiger partial charge in [-0.1, -0.05) is 32.4 Å². The van der Waals surface area contributed by atoms with Crippen molar-refractivity contribution in [3.8, 4) is 0 Å². The van der Waals surface area contributed by atoms with Gasteiger partial charge in [0.25, 0.3) is 5.91 Å². The van der Waals surface area contributed by atoms with Crippen LogP contribution in [-0.4, -0.2) is 36.5 Å². The number of nitrogens with one attached hydrogen (secondary N) is 2. The summed E-state index contributed by atoms with van der Waals surface area (Å²) < 4.78 is 1.93. The lowest BCUT2D eigenvalue weighted by Crippen LogP contribution is -2.19. The highest BCUT2D eigenvalue weighted by molar-refractivity contribution is 6.30. The predicted octanol–water partition coefficient (Wildman–Crippen LogP) is 4.29. The highest BCUT2D eigenvalue weighted by Gasteiger charge is 2.22. The number of carboxylic acids is 1. The topological polar surface area (TPSA) is 113 Å². The zero-order valence-electron chi connectivity index (χ0n) is 15.9. The molecule has 0 unspecified atom stereocenters. The molecule has 0 aliphatic heterocycles. The first-order chi connectivity index (χ1) is 13.4. The molecule has 2 aromatic heterocycles. The van der Waals surface area contributed by atoms with Crippen molar-refractivity contribution in [3.05, 3.63) is 40.4 Å². The van der Waals surface area contributed by atoms with Crippen molar-refractivity contribution in [1.82, 2.24) is 19.5 Å². The van der Waals surface area contributed by atoms with E-state index >= 15 is 0 Å². The minimum Gasteiger partial charge on any atom is -0.478 e. The summed E-state index contributed by atoms with van der Waals surface area (Å²) in [4.78, 5) is 35.4. The summed E-state index contributed by atoms with van der Waals surface area (Å²) in [7, 11) is 0. The Balaban J connectivity index is 2.05. The number of aromatic amines is 1. The number of anilines is 1. The van der Waals surface area contributed by atoms with Crippen LogP contribution in [0.4, 0.5) is 5.95 Å². The summed E-state index contributed by atoms with van der Waals surface area (Å²) in [5, 5.41) is 12.3. The van der Waals surface area contributed by atoms with Crippen molar-refractivity contribution in [3.63, 3.8) is 0 Å². The van der Waals surface area contributed by atoms with Crippen molar-refractivity contribution in [2.75, 3.05) is 5.32 Å². The fourth-order valence-corrected chi connectivity index (χ4v) is 3.50. The number of carbonyl (C=O) groups is 2. The van der Waals surface area contributed by atoms with Gasteiger partial charge in [-0.15, -0.1) is 0 Å². The van der Waals surface area contributed by atoms with Crippen molar-refractivity contribution in [1.29, 1.82) is 0 Å². The second-order valence-electron chi connectivity index (χ2n) is 6.45. The van der Waals surface area contributed by atoms with Crippen LogP contribution in [-0.2, 0) is 6.42 Å². The highest BCUT2D eigenvalue weighted by atomic mass is 35.5. The summed E-state index contributed by atoms with van der Waals surface area (Å²) in [6, 6.07) is 4.86. The predicted molar refractivity (Wildman–Crippen MR) is 107 cm³/mol. The third kappa shape index (κ3) is 3.60. The highest BCUT2D eigenvalue weighted by Crippen LogP contribution is 2.29. The summed E-state index contributed by atoms with van der Waals surface area (Å²) in [5.74, 6) is -1.03. The van der Waals surface area contributed by atoms with Crippen LogP contribution >= 0.6 is 11.6 Å². The Morgan fingerprint density at radius 2 is 1.96 bits per heavy atom. The van der Waals surface area contributed by atoms with Crippen molar-refractivity contribution < 1.29 is 14.7 Å². The number of H-pyrrole nitrogens is 1. The molecule has 0 fully saturated rings. The number of benzene rings is 1. The summed E-state index contributed by atoms with van der Waals surface area (Å²) >= 11 is 6.03. The number of rotatable bonds is 7. The number of aromatic carboxylic acids is 1. The molecule has 148 valence electrons. The number of fused-ring (bicyclic) bond motifs is 1. The lowest BCUT2D eigenvalue weighted by atomic mass is 10.1. The third-order valence-corrected chi connectivity index (χ3v) is 5.08. The smallest absolute Gasteiger partial charge is 0.335 e. The largest absolute Gasteiger partial charge is 0.478 e. The van der Waals surface area contributed by atoms with Gasteiger partial charge in [0.1, 0.15) is 0 Å². The van der Waals surface area contributed by atoms with Gasteiger partial charge in [0.2, 0.25) is 5.95 Å². The summed E-state index contributed by atoms with van der Waals surface area (Å²) in [6.07, 6.45) is 2.29. The van der Waals surface area contributed by atoms with Gasteiger partial charge in [-0.2, -0.15) is 0 Å². The lowest BCUT2D eigenvalue weighted by molar-refractivity contribution is 0.0696. The van der Waals surface area contributed by atoms with Crippen LogP contribution in [0.15, 0.2) is 18.2 Å². The summed E-state index contributed by atoms with van der Waals surface area (Å²) in [6.45, 7) is 6.02. The second kappa shape index (κ2) is 8.02. The maximum absolute atomic E-state index is 12.7. The molecule has 3 N–H and O–H groups in total. The summed E-state index contributed by atoms with van der Waals surface area (Å²) in [5.41, 5.74) is 2.10. The van der Waals surface area contributed by atoms with E-state index < -0.39 is 11.9 Å². The van der Waals surface area contributed by atoms with Crippen molar-refractivity contribution in [2.45, 2.75) is 46.1 Å². The molecule has 0 saturated carbocycles. The van der Waals surface area contributed by atoms with Gasteiger partial charge >= 0.3 is 5.97 Å². The first-order valence-corrected chi connectivity index (χ1v) is 9.58. The van der Waals surface area contributed by atoms with E-state index in [0.717, 1.165) is 18.4 Å². The average Bonchev–Trinajstić information content (AvgIpc) is 3.22. The van der Waals surface area contributed by atoms with E-state index in [1.807, 2.05) is 11.5 Å². The standard InChI is InChI=1S/C19H22ClN5O3/c1-4-11(5-2)25-14-8-7-10(18(27)28)9-13(14)22-19(25)24-17(26)16-21-12(6-3)15(20)23-16/h7-9,11H,4-6H2,1-3H3,(H,21,23)(H,27,28)(H,22,24,26). The molecule has 0 saturated heterocycles. The van der Waals surface area contributed by atoms with Gasteiger partial charge in [0, 0.05) is 6.04 Å². The first-order valence-electron chi connectivity index (χ1n) is 9.20. The maximum atomic E-state index is 12.7. The Hall–Kier alpha value is -2.87. The second-order valence-corrected chi connectivity index (χ2v) is 6.80. The number of carbonyl (C=O) groups excluding carboxylic acids is 1. The number of nitrogens with zero attached hydrogens (tertiary/aromatic N) is 3. The molecule has 0 aliphatic rings. The van der Waals surface area contributed by atoms with Gasteiger partial charge in [0.15, 0.2) is 11.0 Å². The molecule has 0 spiro atoms. The molecular formula is C19H22ClN5O3. The molecule has 9 heteroatoms. The van der Waals surface area contributed by atoms with Gasteiger partial charge in [-0.25, -0.2) is 14.8 Å². The Kier molecular flexibility index (Phi) is 5.69. The molecule has 0 radical (unpaired) electrons. The maximum Gasteiger partial charge on any atom is 0.335 e. The number of halogens is 1. The van der Waals surface area contributed by atoms with Gasteiger partial charge < -0.3 is 14.7 Å². The SMILES string of the molecule is CCc1[nH]c(C(=O)Nc2nc3cc(C(=O)O)ccc3n2C(CC)CC)nc1Cl. The van der Waals surface area contributed by atoms with Crippen LogP contribution in [0.25, 0.3) is 11.0 Å². The Bertz CT molecular complexity index is 1040. The molecule has 1 amide bonds. The number of imidazole rings is 2. The zero-order chi connectivity index (χ0) is 20.4. The van der Waals surface area contributed by atoms with E-state index in [1.165, 1.54) is 12.1 Å². The average molecular weight is 404 g/mol. The molecule has 28 heavy (non-hydrogen) atoms. The van der Waals surface area contributed by atoms with Crippen molar-refractivity contribution >= 4 is 40.5 Å². The number of aryl methyl sites for hydroxylation is 1. The molecule has 0 bridgehead atoms. The Morgan fingerprint density at radius 1 is 1.25 bits per heavy atom. The Morgan fingerprint density at radius 3 is 2.54 bits per heavy atom. The monoisotopic (exact) mass is 403 g/mol. The molecule has 3 rings (SSSR count). The molecule has 3 aromatic rings. The number of aromatic nitrogens is 4. The van der Waals surface area contributed by atoms with E-state index in [9.17, 15) is 14.7 Å². The van der Waals surface area contributed by atoms with Crippen LogP contribution in [0.5, 0.6) is 0 Å². The van der Waals surface area contributed by atoms with Crippen LogP contribution < -0.4 is 5.32 Å². The Labute approximate surface area is 166 Å². The fourth-order valence-electron chi connectivity index (χ4n) is 3.23. The van der Waals surface area contributed by atoms with Gasteiger partial charge in [0.05, 0.1) is 22.3 Å². The van der Waals surface area contributed by atoms with E-state index in [0.29, 0.717) is 23.6 Å². The van der Waals surface area contributed by atoms with Crippen LogP contribution in [0.1, 0.15) is 66.3 Å². The van der Waals surface area contributed by atoms with Crippen molar-refractivity contribution in [2.24, 2.45) is 0 Å². The van der Waals surface area contributed by atoms with Gasteiger partial charge in [-0.3, -0.25) is 10.1 Å².